The molecule has 72 valence electrons. The van der Waals surface area contributed by atoms with Gasteiger partial charge >= 0.3 is 0 Å². The summed E-state index contributed by atoms with van der Waals surface area (Å²) in [6, 6.07) is 0. The molecule has 0 saturated carbocycles. The van der Waals surface area contributed by atoms with Gasteiger partial charge in [0, 0.05) is 17.7 Å². The number of hydrogen-bond acceptors (Lipinski definition) is 2. The standard InChI is InChI=1S/C10H12N2SSi/c1-5-8-9(14(2,3)4)12-7-6-11-10(12)13-8/h1,6-7H,2-4H3. The van der Waals surface area contributed by atoms with Crippen LogP contribution in [0.3, 0.4) is 0 Å². The molecule has 2 aromatic rings. The topological polar surface area (TPSA) is 17.3 Å². The van der Waals surface area contributed by atoms with Crippen molar-refractivity contribution >= 4 is 29.7 Å². The summed E-state index contributed by atoms with van der Waals surface area (Å²) in [6.07, 6.45) is 9.34. The van der Waals surface area contributed by atoms with E-state index in [1.165, 1.54) is 5.32 Å². The second-order valence-corrected chi connectivity index (χ2v) is 10.2. The van der Waals surface area contributed by atoms with E-state index in [4.69, 9.17) is 6.42 Å². The maximum absolute atomic E-state index is 5.51. The summed E-state index contributed by atoms with van der Waals surface area (Å²) < 4.78 is 2.14. The van der Waals surface area contributed by atoms with Crippen LogP contribution in [0, 0.1) is 12.3 Å². The number of fused-ring (bicyclic) bond motifs is 1. The highest BCUT2D eigenvalue weighted by atomic mass is 32.1. The zero-order valence-corrected chi connectivity index (χ0v) is 10.4. The number of hydrogen-bond donors (Lipinski definition) is 0. The lowest BCUT2D eigenvalue weighted by atomic mass is 10.6. The van der Waals surface area contributed by atoms with Gasteiger partial charge in [-0.25, -0.2) is 4.98 Å². The second-order valence-electron chi connectivity index (χ2n) is 4.25. The third-order valence-corrected chi connectivity index (χ3v) is 5.19. The van der Waals surface area contributed by atoms with E-state index in [9.17, 15) is 0 Å². The fourth-order valence-electron chi connectivity index (χ4n) is 1.58. The maximum Gasteiger partial charge on any atom is 0.194 e. The number of terminal acetylenes is 1. The molecule has 2 heterocycles. The largest absolute Gasteiger partial charge is 0.298 e. The lowest BCUT2D eigenvalue weighted by Gasteiger charge is -2.15. The predicted molar refractivity (Wildman–Crippen MR) is 64.0 cm³/mol. The van der Waals surface area contributed by atoms with Gasteiger partial charge in [-0.15, -0.1) is 6.42 Å². The molecule has 0 spiro atoms. The summed E-state index contributed by atoms with van der Waals surface area (Å²) in [4.78, 5) is 6.33. The first-order valence-corrected chi connectivity index (χ1v) is 8.78. The van der Waals surface area contributed by atoms with Crippen molar-refractivity contribution in [2.45, 2.75) is 19.6 Å². The Kier molecular flexibility index (Phi) is 2.02. The molecule has 0 aliphatic carbocycles. The molecule has 0 bridgehead atoms. The van der Waals surface area contributed by atoms with Crippen LogP contribution < -0.4 is 5.32 Å². The minimum Gasteiger partial charge on any atom is -0.298 e. The highest BCUT2D eigenvalue weighted by Crippen LogP contribution is 2.17. The molecule has 0 aromatic carbocycles. The van der Waals surface area contributed by atoms with Crippen LogP contribution in [0.4, 0.5) is 0 Å². The molecule has 0 aliphatic rings. The van der Waals surface area contributed by atoms with E-state index in [0.29, 0.717) is 0 Å². The van der Waals surface area contributed by atoms with Crippen LogP contribution in [0.15, 0.2) is 12.4 Å². The van der Waals surface area contributed by atoms with E-state index in [1.807, 2.05) is 12.4 Å². The summed E-state index contributed by atoms with van der Waals surface area (Å²) in [7, 11) is -1.38. The minimum atomic E-state index is -1.38. The quantitative estimate of drug-likeness (QED) is 0.530. The summed E-state index contributed by atoms with van der Waals surface area (Å²) in [5, 5.41) is 1.32. The number of thiazole rings is 1. The molecule has 0 amide bonds. The monoisotopic (exact) mass is 220 g/mol. The summed E-state index contributed by atoms with van der Waals surface area (Å²) in [5.41, 5.74) is 0. The Labute approximate surface area is 88.6 Å². The van der Waals surface area contributed by atoms with Crippen molar-refractivity contribution in [1.82, 2.24) is 9.38 Å². The Morgan fingerprint density at radius 3 is 2.79 bits per heavy atom. The molecular formula is C10H12N2SSi. The molecular weight excluding hydrogens is 208 g/mol. The molecule has 2 nitrogen and oxygen atoms in total. The average Bonchev–Trinajstić information content (AvgIpc) is 2.57. The van der Waals surface area contributed by atoms with Gasteiger partial charge in [-0.2, -0.15) is 0 Å². The Morgan fingerprint density at radius 1 is 1.50 bits per heavy atom. The fraction of sp³-hybridized carbons (Fsp3) is 0.300. The maximum atomic E-state index is 5.51. The van der Waals surface area contributed by atoms with Gasteiger partial charge in [0.2, 0.25) is 0 Å². The molecule has 0 aliphatic heterocycles. The first-order valence-electron chi connectivity index (χ1n) is 4.47. The molecule has 0 atom stereocenters. The van der Waals surface area contributed by atoms with Crippen LogP contribution in [0.2, 0.25) is 19.6 Å². The van der Waals surface area contributed by atoms with Gasteiger partial charge in [0.05, 0.1) is 4.88 Å². The number of rotatable bonds is 1. The molecule has 4 heteroatoms. The molecule has 0 radical (unpaired) electrons. The Morgan fingerprint density at radius 2 is 2.21 bits per heavy atom. The second kappa shape index (κ2) is 2.97. The predicted octanol–water partition coefficient (Wildman–Crippen LogP) is 1.92. The highest BCUT2D eigenvalue weighted by Gasteiger charge is 2.25. The molecule has 0 N–H and O–H groups in total. The lowest BCUT2D eigenvalue weighted by Crippen LogP contribution is -2.42. The normalized spacial score (nSPS) is 11.9. The van der Waals surface area contributed by atoms with Gasteiger partial charge in [0.1, 0.15) is 8.07 Å². The average molecular weight is 220 g/mol. The molecule has 14 heavy (non-hydrogen) atoms. The first kappa shape index (κ1) is 9.50. The van der Waals surface area contributed by atoms with Crippen LogP contribution in [-0.2, 0) is 0 Å². The van der Waals surface area contributed by atoms with Crippen LogP contribution in [0.5, 0.6) is 0 Å². The first-order chi connectivity index (χ1) is 6.54. The van der Waals surface area contributed by atoms with Crippen molar-refractivity contribution < 1.29 is 0 Å². The van der Waals surface area contributed by atoms with Crippen molar-refractivity contribution in [3.8, 4) is 12.3 Å². The molecule has 0 fully saturated rings. The van der Waals surface area contributed by atoms with Crippen LogP contribution in [-0.4, -0.2) is 17.5 Å². The van der Waals surface area contributed by atoms with Crippen LogP contribution >= 0.6 is 11.3 Å². The van der Waals surface area contributed by atoms with Gasteiger partial charge in [0.15, 0.2) is 4.96 Å². The van der Waals surface area contributed by atoms with Crippen molar-refractivity contribution in [2.24, 2.45) is 0 Å². The highest BCUT2D eigenvalue weighted by molar-refractivity contribution is 7.19. The van der Waals surface area contributed by atoms with Gasteiger partial charge in [-0.1, -0.05) is 36.9 Å². The van der Waals surface area contributed by atoms with Crippen molar-refractivity contribution in [3.05, 3.63) is 17.3 Å². The lowest BCUT2D eigenvalue weighted by molar-refractivity contribution is 1.26. The molecule has 2 aromatic heterocycles. The summed E-state index contributed by atoms with van der Waals surface area (Å²) >= 11 is 1.61. The SMILES string of the molecule is C#Cc1sc2nccn2c1[Si](C)(C)C. The third-order valence-electron chi connectivity index (χ3n) is 2.10. The number of aromatic nitrogens is 2. The molecule has 0 saturated heterocycles. The van der Waals surface area contributed by atoms with Crippen molar-refractivity contribution in [2.75, 3.05) is 0 Å². The van der Waals surface area contributed by atoms with Crippen LogP contribution in [0.1, 0.15) is 4.88 Å². The van der Waals surface area contributed by atoms with Gasteiger partial charge in [-0.05, 0) is 0 Å². The number of imidazole rings is 1. The van der Waals surface area contributed by atoms with Gasteiger partial charge in [-0.3, -0.25) is 4.40 Å². The summed E-state index contributed by atoms with van der Waals surface area (Å²) in [6.45, 7) is 6.90. The molecule has 0 unspecified atom stereocenters. The van der Waals surface area contributed by atoms with E-state index >= 15 is 0 Å². The van der Waals surface area contributed by atoms with E-state index in [2.05, 4.69) is 34.9 Å². The van der Waals surface area contributed by atoms with E-state index in [-0.39, 0.29) is 0 Å². The Balaban J connectivity index is 2.82. The Bertz CT molecular complexity index is 510. The van der Waals surface area contributed by atoms with E-state index in [1.54, 1.807) is 11.3 Å². The van der Waals surface area contributed by atoms with Gasteiger partial charge in [0.25, 0.3) is 0 Å². The van der Waals surface area contributed by atoms with Crippen LogP contribution in [0.25, 0.3) is 4.96 Å². The van der Waals surface area contributed by atoms with E-state index in [0.717, 1.165) is 9.84 Å². The van der Waals surface area contributed by atoms with Crippen molar-refractivity contribution in [3.63, 3.8) is 0 Å². The van der Waals surface area contributed by atoms with Crippen molar-refractivity contribution in [1.29, 1.82) is 0 Å². The summed E-state index contributed by atoms with van der Waals surface area (Å²) in [5.74, 6) is 2.77. The third kappa shape index (κ3) is 1.29. The smallest absolute Gasteiger partial charge is 0.194 e. The molecule has 2 rings (SSSR count). The Hall–Kier alpha value is -1.05. The minimum absolute atomic E-state index is 1.01. The van der Waals surface area contributed by atoms with E-state index < -0.39 is 8.07 Å². The van der Waals surface area contributed by atoms with Gasteiger partial charge < -0.3 is 0 Å². The fourth-order valence-corrected chi connectivity index (χ4v) is 5.19. The zero-order chi connectivity index (χ0) is 10.3. The zero-order valence-electron chi connectivity index (χ0n) is 8.53. The number of nitrogens with zero attached hydrogens (tertiary/aromatic N) is 2.